The van der Waals surface area contributed by atoms with Gasteiger partial charge in [0.25, 0.3) is 0 Å². The number of sulfone groups is 1. The molecule has 0 aromatic rings. The van der Waals surface area contributed by atoms with Crippen LogP contribution in [0.3, 0.4) is 0 Å². The number of hydrogen-bond acceptors (Lipinski definition) is 4. The minimum Gasteiger partial charge on any atom is -0.330 e. The van der Waals surface area contributed by atoms with Gasteiger partial charge in [0.2, 0.25) is 0 Å². The molecule has 0 aromatic carbocycles. The van der Waals surface area contributed by atoms with Crippen LogP contribution in [-0.4, -0.2) is 40.1 Å². The van der Waals surface area contributed by atoms with Crippen molar-refractivity contribution in [3.63, 3.8) is 0 Å². The summed E-state index contributed by atoms with van der Waals surface area (Å²) in [5.41, 5.74) is 5.33. The Bertz CT molecular complexity index is 224. The monoisotopic (exact) mass is 294 g/mol. The predicted molar refractivity (Wildman–Crippen MR) is 74.6 cm³/mol. The van der Waals surface area contributed by atoms with Crippen LogP contribution in [0.25, 0.3) is 0 Å². The van der Waals surface area contributed by atoms with Crippen molar-refractivity contribution >= 4 is 34.7 Å². The van der Waals surface area contributed by atoms with Crippen molar-refractivity contribution in [3.8, 4) is 0 Å². The second kappa shape index (κ2) is 13.5. The van der Waals surface area contributed by atoms with Crippen LogP contribution in [0.1, 0.15) is 25.7 Å². The van der Waals surface area contributed by atoms with Gasteiger partial charge in [0.15, 0.2) is 0 Å². The number of unbranched alkanes of at least 4 members (excludes halogenated alkanes) is 2. The topological polar surface area (TPSA) is 72.2 Å². The fourth-order valence-corrected chi connectivity index (χ4v) is 1.87. The van der Waals surface area contributed by atoms with Gasteiger partial charge in [-0.2, -0.15) is 0 Å². The molecule has 0 aromatic heterocycles. The van der Waals surface area contributed by atoms with Gasteiger partial charge in [-0.25, -0.2) is 8.42 Å². The molecule has 0 saturated carbocycles. The fraction of sp³-hybridized carbons (Fsp3) is 1.00. The molecule has 0 aliphatic heterocycles. The summed E-state index contributed by atoms with van der Waals surface area (Å²) in [6.07, 6.45) is 5.08. The van der Waals surface area contributed by atoms with Crippen LogP contribution in [0.4, 0.5) is 0 Å². The van der Waals surface area contributed by atoms with Gasteiger partial charge in [0.1, 0.15) is 9.84 Å². The molecule has 0 amide bonds. The lowest BCUT2D eigenvalue weighted by molar-refractivity contribution is 0.584. The zero-order valence-corrected chi connectivity index (χ0v) is 12.2. The van der Waals surface area contributed by atoms with Gasteiger partial charge in [-0.3, -0.25) is 0 Å². The van der Waals surface area contributed by atoms with Crippen molar-refractivity contribution < 1.29 is 8.42 Å². The molecule has 0 spiro atoms. The number of nitrogens with two attached hydrogens (primary N) is 1. The fourth-order valence-electron chi connectivity index (χ4n) is 1.14. The lowest BCUT2D eigenvalue weighted by atomic mass is 10.2. The second-order valence-corrected chi connectivity index (χ2v) is 5.84. The normalized spacial score (nSPS) is 10.4. The Hall–Kier alpha value is 0.450. The van der Waals surface area contributed by atoms with E-state index in [1.54, 1.807) is 0 Å². The Morgan fingerprint density at radius 1 is 1.00 bits per heavy atom. The van der Waals surface area contributed by atoms with Gasteiger partial charge in [-0.05, 0) is 38.9 Å². The molecule has 4 nitrogen and oxygen atoms in total. The Morgan fingerprint density at radius 2 is 1.56 bits per heavy atom. The molecule has 102 valence electrons. The third kappa shape index (κ3) is 19.9. The Labute approximate surface area is 111 Å². The molecular formula is C9H24Cl2N2O2S. The van der Waals surface area contributed by atoms with Gasteiger partial charge in [-0.15, -0.1) is 24.8 Å². The van der Waals surface area contributed by atoms with Crippen molar-refractivity contribution in [2.24, 2.45) is 5.73 Å². The molecule has 0 radical (unpaired) electrons. The number of hydrogen-bond donors (Lipinski definition) is 2. The predicted octanol–water partition coefficient (Wildman–Crippen LogP) is 0.983. The zero-order valence-electron chi connectivity index (χ0n) is 9.78. The highest BCUT2D eigenvalue weighted by atomic mass is 35.5. The summed E-state index contributed by atoms with van der Waals surface area (Å²) in [6.45, 7) is 2.65. The van der Waals surface area contributed by atoms with E-state index < -0.39 is 9.84 Å². The van der Waals surface area contributed by atoms with Crippen molar-refractivity contribution in [1.29, 1.82) is 0 Å². The standard InChI is InChI=1S/C9H22N2O2S.2ClH/c1-14(12,13)9-4-2-3-7-11-8-5-6-10;;/h11H,2-10H2,1H3;2*1H. The maximum absolute atomic E-state index is 10.8. The average Bonchev–Trinajstić information content (AvgIpc) is 2.08. The Kier molecular flexibility index (Phi) is 18.3. The van der Waals surface area contributed by atoms with Crippen LogP contribution in [0, 0.1) is 0 Å². The first-order valence-corrected chi connectivity index (χ1v) is 7.21. The molecule has 0 fully saturated rings. The Morgan fingerprint density at radius 3 is 2.06 bits per heavy atom. The van der Waals surface area contributed by atoms with E-state index in [2.05, 4.69) is 5.32 Å². The quantitative estimate of drug-likeness (QED) is 0.622. The van der Waals surface area contributed by atoms with Crippen LogP contribution >= 0.6 is 24.8 Å². The maximum Gasteiger partial charge on any atom is 0.147 e. The molecule has 0 saturated heterocycles. The van der Waals surface area contributed by atoms with Gasteiger partial charge < -0.3 is 11.1 Å². The minimum absolute atomic E-state index is 0. The molecular weight excluding hydrogens is 271 g/mol. The Balaban J connectivity index is -0.000000845. The van der Waals surface area contributed by atoms with E-state index in [1.807, 2.05) is 0 Å². The van der Waals surface area contributed by atoms with E-state index >= 15 is 0 Å². The van der Waals surface area contributed by atoms with E-state index in [0.29, 0.717) is 5.75 Å². The maximum atomic E-state index is 10.8. The first-order valence-electron chi connectivity index (χ1n) is 5.15. The second-order valence-electron chi connectivity index (χ2n) is 3.58. The third-order valence-electron chi connectivity index (χ3n) is 1.93. The van der Waals surface area contributed by atoms with Crippen molar-refractivity contribution in [2.75, 3.05) is 31.6 Å². The average molecular weight is 295 g/mol. The smallest absolute Gasteiger partial charge is 0.147 e. The molecule has 0 heterocycles. The number of nitrogens with one attached hydrogen (secondary N) is 1. The summed E-state index contributed by atoms with van der Waals surface area (Å²) in [5.74, 6) is 0.315. The molecule has 3 N–H and O–H groups in total. The molecule has 0 aliphatic carbocycles. The largest absolute Gasteiger partial charge is 0.330 e. The SMILES string of the molecule is CS(=O)(=O)CCCCCNCCCN.Cl.Cl. The summed E-state index contributed by atoms with van der Waals surface area (Å²) in [6, 6.07) is 0. The van der Waals surface area contributed by atoms with E-state index in [-0.39, 0.29) is 24.8 Å². The number of rotatable bonds is 9. The molecule has 16 heavy (non-hydrogen) atoms. The van der Waals surface area contributed by atoms with Crippen LogP contribution in [0.5, 0.6) is 0 Å². The van der Waals surface area contributed by atoms with E-state index in [1.165, 1.54) is 6.26 Å². The summed E-state index contributed by atoms with van der Waals surface area (Å²) >= 11 is 0. The minimum atomic E-state index is -2.76. The van der Waals surface area contributed by atoms with E-state index in [9.17, 15) is 8.42 Å². The van der Waals surface area contributed by atoms with Gasteiger partial charge >= 0.3 is 0 Å². The van der Waals surface area contributed by atoms with Crippen molar-refractivity contribution in [1.82, 2.24) is 5.32 Å². The molecule has 0 aliphatic rings. The van der Waals surface area contributed by atoms with Crippen molar-refractivity contribution in [2.45, 2.75) is 25.7 Å². The van der Waals surface area contributed by atoms with E-state index in [0.717, 1.165) is 45.3 Å². The summed E-state index contributed by atoms with van der Waals surface area (Å²) in [7, 11) is -2.76. The van der Waals surface area contributed by atoms with Crippen LogP contribution in [0.2, 0.25) is 0 Å². The first-order chi connectivity index (χ1) is 6.56. The van der Waals surface area contributed by atoms with Crippen LogP contribution in [0.15, 0.2) is 0 Å². The van der Waals surface area contributed by atoms with Crippen LogP contribution in [-0.2, 0) is 9.84 Å². The molecule has 0 unspecified atom stereocenters. The highest BCUT2D eigenvalue weighted by Crippen LogP contribution is 1.97. The molecule has 7 heteroatoms. The highest BCUT2D eigenvalue weighted by molar-refractivity contribution is 7.90. The molecule has 0 atom stereocenters. The summed E-state index contributed by atoms with van der Waals surface area (Å²) < 4.78 is 21.6. The van der Waals surface area contributed by atoms with Crippen molar-refractivity contribution in [3.05, 3.63) is 0 Å². The zero-order chi connectivity index (χ0) is 10.9. The van der Waals surface area contributed by atoms with E-state index in [4.69, 9.17) is 5.73 Å². The first kappa shape index (κ1) is 21.7. The van der Waals surface area contributed by atoms with Crippen LogP contribution < -0.4 is 11.1 Å². The van der Waals surface area contributed by atoms with Gasteiger partial charge in [0, 0.05) is 12.0 Å². The third-order valence-corrected chi connectivity index (χ3v) is 2.96. The van der Waals surface area contributed by atoms with Gasteiger partial charge in [-0.1, -0.05) is 6.42 Å². The lowest BCUT2D eigenvalue weighted by Crippen LogP contribution is -2.19. The molecule has 0 bridgehead atoms. The lowest BCUT2D eigenvalue weighted by Gasteiger charge is -2.03. The number of halogens is 2. The molecule has 0 rings (SSSR count). The summed E-state index contributed by atoms with van der Waals surface area (Å²) in [4.78, 5) is 0. The van der Waals surface area contributed by atoms with Gasteiger partial charge in [0.05, 0.1) is 0 Å². The highest BCUT2D eigenvalue weighted by Gasteiger charge is 2.00. The summed E-state index contributed by atoms with van der Waals surface area (Å²) in [5, 5.41) is 3.25.